The van der Waals surface area contributed by atoms with E-state index in [0.29, 0.717) is 30.7 Å². The number of nitrogens with zero attached hydrogens (tertiary/aromatic N) is 2. The van der Waals surface area contributed by atoms with Crippen LogP contribution in [0.5, 0.6) is 5.75 Å². The lowest BCUT2D eigenvalue weighted by molar-refractivity contribution is -0.136. The Morgan fingerprint density at radius 3 is 2.57 bits per heavy atom. The summed E-state index contributed by atoms with van der Waals surface area (Å²) in [7, 11) is 1.89. The molecular formula is C20H23F3N2O3. The number of benzene rings is 1. The molecule has 1 atom stereocenters. The van der Waals surface area contributed by atoms with Gasteiger partial charge in [-0.15, -0.1) is 0 Å². The molecule has 0 spiro atoms. The molecule has 0 aliphatic carbocycles. The van der Waals surface area contributed by atoms with Crippen LogP contribution in [0.1, 0.15) is 19.4 Å². The lowest BCUT2D eigenvalue weighted by Gasteiger charge is -2.25. The third kappa shape index (κ3) is 6.23. The van der Waals surface area contributed by atoms with Crippen LogP contribution in [0.3, 0.4) is 0 Å². The molecule has 0 saturated carbocycles. The standard InChI is InChI=1S/C20H23F3N2O3/c1-13(2)19(27-12-26)11-25(3)10-14-6-16(9-24-8-14)15-4-5-17(21)18(7-15)28-20(22)23/h4-9,12-13,19-20H,10-11H2,1-3H3. The van der Waals surface area contributed by atoms with Crippen molar-refractivity contribution in [2.45, 2.75) is 33.1 Å². The third-order valence-corrected chi connectivity index (χ3v) is 4.19. The number of carbonyl (C=O) groups excluding carboxylic acids is 1. The number of rotatable bonds is 10. The molecular weight excluding hydrogens is 373 g/mol. The van der Waals surface area contributed by atoms with Crippen molar-refractivity contribution in [3.05, 3.63) is 48.0 Å². The first-order valence-electron chi connectivity index (χ1n) is 8.76. The van der Waals surface area contributed by atoms with Gasteiger partial charge >= 0.3 is 6.61 Å². The van der Waals surface area contributed by atoms with Gasteiger partial charge in [-0.1, -0.05) is 19.9 Å². The van der Waals surface area contributed by atoms with Gasteiger partial charge in [0.1, 0.15) is 6.10 Å². The van der Waals surface area contributed by atoms with Crippen LogP contribution in [0.2, 0.25) is 0 Å². The molecule has 0 aliphatic rings. The Bertz CT molecular complexity index is 787. The van der Waals surface area contributed by atoms with Crippen molar-refractivity contribution in [3.8, 4) is 16.9 Å². The molecule has 2 rings (SSSR count). The van der Waals surface area contributed by atoms with E-state index in [1.807, 2.05) is 31.9 Å². The summed E-state index contributed by atoms with van der Waals surface area (Å²) in [6, 6.07) is 5.62. The van der Waals surface area contributed by atoms with Gasteiger partial charge < -0.3 is 9.47 Å². The van der Waals surface area contributed by atoms with Crippen LogP contribution in [0, 0.1) is 11.7 Å². The molecule has 8 heteroatoms. The normalized spacial score (nSPS) is 12.5. The molecule has 0 radical (unpaired) electrons. The van der Waals surface area contributed by atoms with E-state index < -0.39 is 18.2 Å². The monoisotopic (exact) mass is 396 g/mol. The minimum atomic E-state index is -3.11. The summed E-state index contributed by atoms with van der Waals surface area (Å²) in [6.07, 6.45) is 3.02. The van der Waals surface area contributed by atoms with Crippen molar-refractivity contribution < 1.29 is 27.4 Å². The molecule has 2 aromatic rings. The number of halogens is 3. The van der Waals surface area contributed by atoms with E-state index >= 15 is 0 Å². The number of hydrogen-bond donors (Lipinski definition) is 0. The molecule has 1 aromatic carbocycles. The zero-order valence-electron chi connectivity index (χ0n) is 15.9. The van der Waals surface area contributed by atoms with Crippen LogP contribution in [-0.4, -0.2) is 42.7 Å². The summed E-state index contributed by atoms with van der Waals surface area (Å²) in [5, 5.41) is 0. The Balaban J connectivity index is 2.14. The van der Waals surface area contributed by atoms with E-state index in [1.165, 1.54) is 12.1 Å². The molecule has 0 fully saturated rings. The second-order valence-corrected chi connectivity index (χ2v) is 6.82. The van der Waals surface area contributed by atoms with Crippen molar-refractivity contribution in [1.29, 1.82) is 0 Å². The average Bonchev–Trinajstić information content (AvgIpc) is 2.63. The molecule has 0 aliphatic heterocycles. The Labute approximate surface area is 162 Å². The maximum atomic E-state index is 13.6. The Hall–Kier alpha value is -2.61. The molecule has 0 saturated heterocycles. The van der Waals surface area contributed by atoms with E-state index in [2.05, 4.69) is 9.72 Å². The Morgan fingerprint density at radius 2 is 1.93 bits per heavy atom. The summed E-state index contributed by atoms with van der Waals surface area (Å²) < 4.78 is 47.8. The zero-order chi connectivity index (χ0) is 20.7. The average molecular weight is 396 g/mol. The number of alkyl halides is 2. The van der Waals surface area contributed by atoms with E-state index in [4.69, 9.17) is 4.74 Å². The van der Waals surface area contributed by atoms with Gasteiger partial charge in [-0.25, -0.2) is 4.39 Å². The third-order valence-electron chi connectivity index (χ3n) is 4.19. The van der Waals surface area contributed by atoms with Crippen molar-refractivity contribution in [2.75, 3.05) is 13.6 Å². The highest BCUT2D eigenvalue weighted by Crippen LogP contribution is 2.28. The van der Waals surface area contributed by atoms with Gasteiger partial charge in [0.2, 0.25) is 0 Å². The molecule has 0 amide bonds. The van der Waals surface area contributed by atoms with Crippen LogP contribution in [0.15, 0.2) is 36.7 Å². The van der Waals surface area contributed by atoms with Gasteiger partial charge in [0.05, 0.1) is 0 Å². The molecule has 5 nitrogen and oxygen atoms in total. The fourth-order valence-corrected chi connectivity index (χ4v) is 2.77. The van der Waals surface area contributed by atoms with Gasteiger partial charge in [-0.05, 0) is 42.3 Å². The van der Waals surface area contributed by atoms with Crippen molar-refractivity contribution >= 4 is 6.47 Å². The number of hydrogen-bond acceptors (Lipinski definition) is 5. The smallest absolute Gasteiger partial charge is 0.387 e. The van der Waals surface area contributed by atoms with Crippen LogP contribution >= 0.6 is 0 Å². The van der Waals surface area contributed by atoms with Crippen molar-refractivity contribution in [1.82, 2.24) is 9.88 Å². The first kappa shape index (κ1) is 21.7. The summed E-state index contributed by atoms with van der Waals surface area (Å²) in [4.78, 5) is 16.8. The number of likely N-dealkylation sites (N-methyl/N-ethyl adjacent to an activating group) is 1. The number of ether oxygens (including phenoxy) is 2. The predicted molar refractivity (Wildman–Crippen MR) is 98.4 cm³/mol. The predicted octanol–water partition coefficient (Wildman–Crippen LogP) is 4.12. The maximum Gasteiger partial charge on any atom is 0.387 e. The van der Waals surface area contributed by atoms with E-state index in [0.717, 1.165) is 11.6 Å². The summed E-state index contributed by atoms with van der Waals surface area (Å²) in [5.41, 5.74) is 2.03. The van der Waals surface area contributed by atoms with Crippen molar-refractivity contribution in [3.63, 3.8) is 0 Å². The minimum Gasteiger partial charge on any atom is -0.463 e. The number of aromatic nitrogens is 1. The number of pyridine rings is 1. The van der Waals surface area contributed by atoms with Gasteiger partial charge in [-0.2, -0.15) is 8.78 Å². The topological polar surface area (TPSA) is 51.7 Å². The molecule has 152 valence electrons. The highest BCUT2D eigenvalue weighted by Gasteiger charge is 2.17. The first-order valence-corrected chi connectivity index (χ1v) is 8.76. The zero-order valence-corrected chi connectivity index (χ0v) is 15.9. The molecule has 1 aromatic heterocycles. The lowest BCUT2D eigenvalue weighted by Crippen LogP contribution is -2.34. The highest BCUT2D eigenvalue weighted by molar-refractivity contribution is 5.65. The molecule has 1 unspecified atom stereocenters. The van der Waals surface area contributed by atoms with Crippen molar-refractivity contribution in [2.24, 2.45) is 5.92 Å². The molecule has 0 bridgehead atoms. The lowest BCUT2D eigenvalue weighted by atomic mass is 10.0. The summed E-state index contributed by atoms with van der Waals surface area (Å²) >= 11 is 0. The van der Waals surface area contributed by atoms with Crippen LogP contribution < -0.4 is 4.74 Å². The fraction of sp³-hybridized carbons (Fsp3) is 0.400. The van der Waals surface area contributed by atoms with E-state index in [-0.39, 0.29) is 12.0 Å². The van der Waals surface area contributed by atoms with Gasteiger partial charge in [0.25, 0.3) is 6.47 Å². The van der Waals surface area contributed by atoms with E-state index in [1.54, 1.807) is 12.4 Å². The van der Waals surface area contributed by atoms with Gasteiger partial charge in [0, 0.05) is 31.0 Å². The van der Waals surface area contributed by atoms with E-state index in [9.17, 15) is 18.0 Å². The van der Waals surface area contributed by atoms with Crippen LogP contribution in [-0.2, 0) is 16.1 Å². The Morgan fingerprint density at radius 1 is 1.18 bits per heavy atom. The maximum absolute atomic E-state index is 13.6. The second-order valence-electron chi connectivity index (χ2n) is 6.82. The van der Waals surface area contributed by atoms with Crippen LogP contribution in [0.25, 0.3) is 11.1 Å². The summed E-state index contributed by atoms with van der Waals surface area (Å²) in [6.45, 7) is 2.37. The largest absolute Gasteiger partial charge is 0.463 e. The first-order chi connectivity index (χ1) is 13.3. The highest BCUT2D eigenvalue weighted by atomic mass is 19.3. The molecule has 1 heterocycles. The minimum absolute atomic E-state index is 0.171. The Kier molecular flexibility index (Phi) is 7.80. The molecule has 28 heavy (non-hydrogen) atoms. The molecule has 0 N–H and O–H groups in total. The SMILES string of the molecule is CC(C)C(CN(C)Cc1cncc(-c2ccc(F)c(OC(F)F)c2)c1)OC=O. The van der Waals surface area contributed by atoms with Crippen LogP contribution in [0.4, 0.5) is 13.2 Å². The fourth-order valence-electron chi connectivity index (χ4n) is 2.77. The van der Waals surface area contributed by atoms with Gasteiger partial charge in [0.15, 0.2) is 11.6 Å². The quantitative estimate of drug-likeness (QED) is 0.566. The number of carbonyl (C=O) groups is 1. The summed E-state index contributed by atoms with van der Waals surface area (Å²) in [5.74, 6) is -1.20. The second kappa shape index (κ2) is 10.1. The van der Waals surface area contributed by atoms with Gasteiger partial charge in [-0.3, -0.25) is 14.7 Å².